The summed E-state index contributed by atoms with van der Waals surface area (Å²) in [6.07, 6.45) is 5.58. The number of hydrogen-bond donors (Lipinski definition) is 0. The third kappa shape index (κ3) is 3.15. The molecule has 98 valence electrons. The van der Waals surface area contributed by atoms with Crippen LogP contribution in [0.25, 0.3) is 0 Å². The maximum absolute atomic E-state index is 12.3. The molecule has 1 aromatic rings. The van der Waals surface area contributed by atoms with E-state index < -0.39 is 0 Å². The van der Waals surface area contributed by atoms with Crippen LogP contribution in [-0.2, 0) is 9.53 Å². The van der Waals surface area contributed by atoms with Crippen LogP contribution in [0.5, 0.6) is 0 Å². The van der Waals surface area contributed by atoms with Crippen LogP contribution in [0, 0.1) is 0 Å². The van der Waals surface area contributed by atoms with Gasteiger partial charge in [0.2, 0.25) is 0 Å². The Balaban J connectivity index is 2.16. The minimum absolute atomic E-state index is 0.0357. The molecule has 0 aliphatic heterocycles. The van der Waals surface area contributed by atoms with Gasteiger partial charge in [0.1, 0.15) is 0 Å². The van der Waals surface area contributed by atoms with Crippen LogP contribution in [0.2, 0.25) is 4.31 Å². The van der Waals surface area contributed by atoms with Crippen molar-refractivity contribution in [3.63, 3.8) is 0 Å². The van der Waals surface area contributed by atoms with E-state index in [-0.39, 0.29) is 25.2 Å². The summed E-state index contributed by atoms with van der Waals surface area (Å²) in [5, 5.41) is 0. The van der Waals surface area contributed by atoms with Crippen molar-refractivity contribution in [2.45, 2.75) is 43.3 Å². The second-order valence-electron chi connectivity index (χ2n) is 4.69. The van der Waals surface area contributed by atoms with Gasteiger partial charge in [-0.25, -0.2) is 0 Å². The van der Waals surface area contributed by atoms with Gasteiger partial charge < -0.3 is 0 Å². The number of benzene rings is 1. The van der Waals surface area contributed by atoms with Gasteiger partial charge >= 0.3 is 115 Å². The Morgan fingerprint density at radius 2 is 1.89 bits per heavy atom. The van der Waals surface area contributed by atoms with Gasteiger partial charge in [-0.3, -0.25) is 0 Å². The molecule has 0 unspecified atom stereocenters. The molecule has 1 aliphatic carbocycles. The van der Waals surface area contributed by atoms with Crippen molar-refractivity contribution < 1.29 is 9.53 Å². The normalized spacial score (nSPS) is 18.3. The van der Waals surface area contributed by atoms with E-state index in [0.717, 1.165) is 25.7 Å². The van der Waals surface area contributed by atoms with Crippen molar-refractivity contribution in [3.05, 3.63) is 30.3 Å². The molecule has 2 rings (SSSR count). The van der Waals surface area contributed by atoms with Crippen LogP contribution in [0.15, 0.2) is 30.3 Å². The summed E-state index contributed by atoms with van der Waals surface area (Å²) in [5.74, 6) is 0.0357. The van der Waals surface area contributed by atoms with Crippen LogP contribution >= 0.6 is 0 Å². The van der Waals surface area contributed by atoms with Crippen molar-refractivity contribution >= 4 is 25.4 Å². The quantitative estimate of drug-likeness (QED) is 0.631. The van der Waals surface area contributed by atoms with Crippen LogP contribution < -0.4 is 4.46 Å². The Hall–Kier alpha value is -0.791. The number of ether oxygens (including phenoxy) is 1. The van der Waals surface area contributed by atoms with E-state index in [9.17, 15) is 4.79 Å². The summed E-state index contributed by atoms with van der Waals surface area (Å²) < 4.78 is 6.43. The molecule has 1 aliphatic rings. The number of hydrogen-bond acceptors (Lipinski definition) is 2. The van der Waals surface area contributed by atoms with Crippen molar-refractivity contribution in [2.24, 2.45) is 0 Å². The summed E-state index contributed by atoms with van der Waals surface area (Å²) >= 11 is 0.181. The van der Waals surface area contributed by atoms with E-state index in [0.29, 0.717) is 6.61 Å². The fourth-order valence-electron chi connectivity index (χ4n) is 2.45. The summed E-state index contributed by atoms with van der Waals surface area (Å²) in [6, 6.07) is 10.4. The van der Waals surface area contributed by atoms with E-state index in [1.54, 1.807) is 0 Å². The Bertz CT molecular complexity index is 383. The first-order chi connectivity index (χ1) is 8.77. The van der Waals surface area contributed by atoms with E-state index in [2.05, 4.69) is 24.3 Å². The van der Waals surface area contributed by atoms with Crippen molar-refractivity contribution in [1.82, 2.24) is 0 Å². The van der Waals surface area contributed by atoms with E-state index >= 15 is 0 Å². The summed E-state index contributed by atoms with van der Waals surface area (Å²) in [4.78, 5) is 12.3. The molecule has 2 nitrogen and oxygen atoms in total. The molecular formula is C15H20O2Se. The monoisotopic (exact) mass is 312 g/mol. The minimum atomic E-state index is -0.206. The first-order valence-corrected chi connectivity index (χ1v) is 8.39. The third-order valence-electron chi connectivity index (χ3n) is 3.37. The fourth-order valence-corrected chi connectivity index (χ4v) is 5.34. The molecule has 1 aromatic carbocycles. The van der Waals surface area contributed by atoms with Gasteiger partial charge in [0.15, 0.2) is 0 Å². The van der Waals surface area contributed by atoms with Crippen molar-refractivity contribution in [2.75, 3.05) is 6.61 Å². The van der Waals surface area contributed by atoms with Gasteiger partial charge in [-0.05, 0) is 0 Å². The Labute approximate surface area is 115 Å². The van der Waals surface area contributed by atoms with Crippen LogP contribution in [0.1, 0.15) is 39.0 Å². The standard InChI is InChI=1S/C15H20O2Se/c1-2-17-14(16)15(11-7-4-8-12-15)18-13-9-5-3-6-10-13/h3,5-6,9-10H,2,4,7-8,11-12H2,1H3. The van der Waals surface area contributed by atoms with E-state index in [1.165, 1.54) is 10.9 Å². The van der Waals surface area contributed by atoms with Crippen LogP contribution in [0.3, 0.4) is 0 Å². The molecule has 0 aromatic heterocycles. The maximum atomic E-state index is 12.3. The topological polar surface area (TPSA) is 26.3 Å². The van der Waals surface area contributed by atoms with E-state index in [4.69, 9.17) is 4.74 Å². The molecule has 3 heteroatoms. The number of esters is 1. The zero-order chi connectivity index (χ0) is 12.8. The molecule has 0 amide bonds. The molecule has 0 spiro atoms. The molecule has 1 fully saturated rings. The molecule has 0 atom stereocenters. The molecule has 1 saturated carbocycles. The van der Waals surface area contributed by atoms with Crippen molar-refractivity contribution in [1.29, 1.82) is 0 Å². The predicted molar refractivity (Wildman–Crippen MR) is 74.2 cm³/mol. The molecule has 0 bridgehead atoms. The van der Waals surface area contributed by atoms with Gasteiger partial charge in [0.05, 0.1) is 0 Å². The van der Waals surface area contributed by atoms with E-state index in [1.807, 2.05) is 13.0 Å². The average molecular weight is 311 g/mol. The van der Waals surface area contributed by atoms with Crippen molar-refractivity contribution in [3.8, 4) is 0 Å². The van der Waals surface area contributed by atoms with Gasteiger partial charge in [-0.1, -0.05) is 0 Å². The van der Waals surface area contributed by atoms with Gasteiger partial charge in [0.25, 0.3) is 0 Å². The van der Waals surface area contributed by atoms with Crippen LogP contribution in [0.4, 0.5) is 0 Å². The summed E-state index contributed by atoms with van der Waals surface area (Å²) in [6.45, 7) is 2.38. The summed E-state index contributed by atoms with van der Waals surface area (Å²) in [7, 11) is 0. The predicted octanol–water partition coefficient (Wildman–Crippen LogP) is 2.70. The molecule has 0 saturated heterocycles. The molecular weight excluding hydrogens is 291 g/mol. The molecule has 0 radical (unpaired) electrons. The Morgan fingerprint density at radius 3 is 2.50 bits per heavy atom. The Kier molecular flexibility index (Phi) is 4.85. The zero-order valence-corrected chi connectivity index (χ0v) is 12.6. The van der Waals surface area contributed by atoms with Crippen LogP contribution in [-0.4, -0.2) is 27.5 Å². The Morgan fingerprint density at radius 1 is 1.22 bits per heavy atom. The second kappa shape index (κ2) is 6.40. The third-order valence-corrected chi connectivity index (χ3v) is 6.46. The number of rotatable bonds is 4. The fraction of sp³-hybridized carbons (Fsp3) is 0.533. The second-order valence-corrected chi connectivity index (χ2v) is 7.75. The zero-order valence-electron chi connectivity index (χ0n) is 10.9. The average Bonchev–Trinajstić information content (AvgIpc) is 2.41. The van der Waals surface area contributed by atoms with Gasteiger partial charge in [0, 0.05) is 0 Å². The number of carbonyl (C=O) groups is 1. The van der Waals surface area contributed by atoms with Gasteiger partial charge in [-0.2, -0.15) is 0 Å². The van der Waals surface area contributed by atoms with Gasteiger partial charge in [-0.15, -0.1) is 0 Å². The summed E-state index contributed by atoms with van der Waals surface area (Å²) in [5.41, 5.74) is 0. The molecule has 0 heterocycles. The first kappa shape index (κ1) is 13.6. The molecule has 0 N–H and O–H groups in total. The SMILES string of the molecule is CCOC(=O)C1([Se]c2ccccc2)CCCCC1. The number of carbonyl (C=O) groups excluding carboxylic acids is 1. The molecule has 18 heavy (non-hydrogen) atoms. The first-order valence-electron chi connectivity index (χ1n) is 6.68.